The molecule has 2 heterocycles. The van der Waals surface area contributed by atoms with Crippen LogP contribution in [0.3, 0.4) is 0 Å². The highest BCUT2D eigenvalue weighted by molar-refractivity contribution is 6.01. The summed E-state index contributed by atoms with van der Waals surface area (Å²) >= 11 is 0. The fraction of sp³-hybridized carbons (Fsp3) is 0.217. The Morgan fingerprint density at radius 3 is 2.53 bits per heavy atom. The van der Waals surface area contributed by atoms with Crippen molar-refractivity contribution in [3.63, 3.8) is 0 Å². The highest BCUT2D eigenvalue weighted by atomic mass is 16.5. The lowest BCUT2D eigenvalue weighted by atomic mass is 9.90. The quantitative estimate of drug-likeness (QED) is 0.396. The van der Waals surface area contributed by atoms with Crippen molar-refractivity contribution in [1.29, 1.82) is 0 Å². The fourth-order valence-corrected chi connectivity index (χ4v) is 3.57. The van der Waals surface area contributed by atoms with Gasteiger partial charge in [-0.3, -0.25) is 10.1 Å². The Kier molecular flexibility index (Phi) is 5.63. The number of anilines is 1. The van der Waals surface area contributed by atoms with Crippen molar-refractivity contribution in [2.75, 3.05) is 5.32 Å². The molecule has 0 bridgehead atoms. The predicted octanol–water partition coefficient (Wildman–Crippen LogP) is 4.74. The van der Waals surface area contributed by atoms with Gasteiger partial charge in [-0.15, -0.1) is 0 Å². The van der Waals surface area contributed by atoms with Crippen LogP contribution in [0.2, 0.25) is 0 Å². The second kappa shape index (κ2) is 8.54. The van der Waals surface area contributed by atoms with Crippen molar-refractivity contribution in [3.8, 4) is 34.1 Å². The maximum Gasteiger partial charge on any atom is 0.280 e. The molecule has 0 aliphatic carbocycles. The monoisotopic (exact) mass is 434 g/mol. The first kappa shape index (κ1) is 21.1. The number of nitrogens with zero attached hydrogens (tertiary/aromatic N) is 3. The van der Waals surface area contributed by atoms with Crippen LogP contribution < -0.4 is 5.32 Å². The number of hydrogen-bond donors (Lipinski definition) is 3. The number of benzene rings is 2. The van der Waals surface area contributed by atoms with E-state index < -0.39 is 5.91 Å². The van der Waals surface area contributed by atoms with Gasteiger partial charge in [0.1, 0.15) is 17.8 Å². The Labute approximate surface area is 183 Å². The van der Waals surface area contributed by atoms with Crippen LogP contribution in [0, 0.1) is 0 Å². The van der Waals surface area contributed by atoms with E-state index in [9.17, 15) is 15.0 Å². The van der Waals surface area contributed by atoms with Crippen LogP contribution in [0.1, 0.15) is 48.3 Å². The molecule has 164 valence electrons. The molecule has 0 unspecified atom stereocenters. The summed E-state index contributed by atoms with van der Waals surface area (Å²) in [6, 6.07) is 10.1. The number of aromatic nitrogens is 3. The molecular formula is C23H22N4O5. The number of carbonyl (C=O) groups is 1. The number of nitrogens with one attached hydrogen (secondary N) is 1. The number of aromatic hydroxyl groups is 2. The molecule has 0 radical (unpaired) electrons. The molecule has 9 nitrogen and oxygen atoms in total. The van der Waals surface area contributed by atoms with E-state index in [2.05, 4.69) is 25.1 Å². The molecule has 2 aromatic carbocycles. The van der Waals surface area contributed by atoms with E-state index >= 15 is 0 Å². The third kappa shape index (κ3) is 3.92. The lowest BCUT2D eigenvalue weighted by molar-refractivity contribution is 0.101. The van der Waals surface area contributed by atoms with Gasteiger partial charge in [0.25, 0.3) is 17.7 Å². The molecule has 0 atom stereocenters. The normalized spacial score (nSPS) is 11.1. The molecule has 9 heteroatoms. The third-order valence-electron chi connectivity index (χ3n) is 5.14. The average molecular weight is 434 g/mol. The van der Waals surface area contributed by atoms with Gasteiger partial charge in [-0.05, 0) is 46.3 Å². The van der Waals surface area contributed by atoms with Gasteiger partial charge in [-0.25, -0.2) is 0 Å². The van der Waals surface area contributed by atoms with Gasteiger partial charge in [-0.1, -0.05) is 38.1 Å². The first-order valence-electron chi connectivity index (χ1n) is 10.1. The van der Waals surface area contributed by atoms with Crippen molar-refractivity contribution in [3.05, 3.63) is 59.5 Å². The SMILES string of the molecule is CCc1c(-c2nc(NC(=O)c3ccon3)no2)cccc1-c1cc(C(C)C)c(O)cc1O. The van der Waals surface area contributed by atoms with Gasteiger partial charge in [0.2, 0.25) is 0 Å². The summed E-state index contributed by atoms with van der Waals surface area (Å²) in [6.07, 6.45) is 1.91. The van der Waals surface area contributed by atoms with Gasteiger partial charge < -0.3 is 19.3 Å². The number of phenols is 2. The first-order valence-corrected chi connectivity index (χ1v) is 10.1. The largest absolute Gasteiger partial charge is 0.508 e. The van der Waals surface area contributed by atoms with Gasteiger partial charge in [0.15, 0.2) is 5.69 Å². The maximum atomic E-state index is 12.1. The minimum Gasteiger partial charge on any atom is -0.508 e. The third-order valence-corrected chi connectivity index (χ3v) is 5.14. The number of rotatable bonds is 6. The van der Waals surface area contributed by atoms with Gasteiger partial charge in [0, 0.05) is 23.3 Å². The van der Waals surface area contributed by atoms with Gasteiger partial charge >= 0.3 is 0 Å². The summed E-state index contributed by atoms with van der Waals surface area (Å²) in [7, 11) is 0. The molecule has 0 aliphatic rings. The van der Waals surface area contributed by atoms with Gasteiger partial charge in [0.05, 0.1) is 0 Å². The van der Waals surface area contributed by atoms with E-state index in [1.807, 2.05) is 39.0 Å². The number of carbonyl (C=O) groups excluding carboxylic acids is 1. The zero-order valence-corrected chi connectivity index (χ0v) is 17.8. The Hall–Kier alpha value is -4.14. The van der Waals surface area contributed by atoms with Crippen LogP contribution in [0.5, 0.6) is 11.5 Å². The van der Waals surface area contributed by atoms with E-state index in [0.29, 0.717) is 17.5 Å². The smallest absolute Gasteiger partial charge is 0.280 e. The Morgan fingerprint density at radius 1 is 1.06 bits per heavy atom. The van der Waals surface area contributed by atoms with Crippen LogP contribution in [0.25, 0.3) is 22.6 Å². The van der Waals surface area contributed by atoms with Crippen molar-refractivity contribution >= 4 is 11.9 Å². The Bertz CT molecular complexity index is 1260. The van der Waals surface area contributed by atoms with E-state index in [1.165, 1.54) is 18.4 Å². The molecule has 4 rings (SSSR count). The fourth-order valence-electron chi connectivity index (χ4n) is 3.57. The predicted molar refractivity (Wildman–Crippen MR) is 116 cm³/mol. The molecule has 0 spiro atoms. The zero-order chi connectivity index (χ0) is 22.8. The van der Waals surface area contributed by atoms with Crippen LogP contribution in [0.15, 0.2) is 51.7 Å². The molecule has 2 aromatic heterocycles. The molecule has 0 saturated heterocycles. The van der Waals surface area contributed by atoms with E-state index in [4.69, 9.17) is 4.52 Å². The van der Waals surface area contributed by atoms with Crippen LogP contribution in [-0.2, 0) is 6.42 Å². The molecule has 4 aromatic rings. The van der Waals surface area contributed by atoms with Crippen molar-refractivity contribution in [2.24, 2.45) is 0 Å². The number of phenolic OH excluding ortho intramolecular Hbond substituents is 2. The lowest BCUT2D eigenvalue weighted by Crippen LogP contribution is -2.13. The van der Waals surface area contributed by atoms with Gasteiger partial charge in [-0.2, -0.15) is 4.98 Å². The minimum atomic E-state index is -0.522. The molecule has 3 N–H and O–H groups in total. The summed E-state index contributed by atoms with van der Waals surface area (Å²) in [4.78, 5) is 16.4. The molecule has 32 heavy (non-hydrogen) atoms. The number of amides is 1. The lowest BCUT2D eigenvalue weighted by Gasteiger charge is -2.16. The summed E-state index contributed by atoms with van der Waals surface area (Å²) in [5.74, 6) is -0.193. The molecule has 1 amide bonds. The number of hydrogen-bond acceptors (Lipinski definition) is 8. The van der Waals surface area contributed by atoms with Crippen molar-refractivity contribution < 1.29 is 24.1 Å². The highest BCUT2D eigenvalue weighted by Crippen LogP contribution is 2.41. The zero-order valence-electron chi connectivity index (χ0n) is 17.8. The molecule has 0 aliphatic heterocycles. The Morgan fingerprint density at radius 2 is 1.84 bits per heavy atom. The van der Waals surface area contributed by atoms with Crippen LogP contribution >= 0.6 is 0 Å². The summed E-state index contributed by atoms with van der Waals surface area (Å²) < 4.78 is 10.1. The Balaban J connectivity index is 1.73. The molecule has 0 fully saturated rings. The summed E-state index contributed by atoms with van der Waals surface area (Å²) in [5, 5.41) is 30.7. The van der Waals surface area contributed by atoms with E-state index in [-0.39, 0.29) is 34.9 Å². The first-order chi connectivity index (χ1) is 15.4. The van der Waals surface area contributed by atoms with Crippen LogP contribution in [0.4, 0.5) is 5.95 Å². The van der Waals surface area contributed by atoms with Crippen molar-refractivity contribution in [2.45, 2.75) is 33.1 Å². The topological polar surface area (TPSA) is 135 Å². The second-order valence-corrected chi connectivity index (χ2v) is 7.53. The standard InChI is InChI=1S/C23H22N4O5/c1-4-13-14(17-10-16(12(2)3)19(28)11-20(17)29)6-5-7-15(13)22-25-23(27-32-22)24-21(30)18-8-9-31-26-18/h5-12,28-29H,4H2,1-3H3,(H,24,27,30). The average Bonchev–Trinajstić information content (AvgIpc) is 3.45. The van der Waals surface area contributed by atoms with Crippen LogP contribution in [-0.4, -0.2) is 31.4 Å². The summed E-state index contributed by atoms with van der Waals surface area (Å²) in [5.41, 5.74) is 3.77. The van der Waals surface area contributed by atoms with E-state index in [0.717, 1.165) is 16.7 Å². The molecular weight excluding hydrogens is 412 g/mol. The molecule has 0 saturated carbocycles. The highest BCUT2D eigenvalue weighted by Gasteiger charge is 2.20. The summed E-state index contributed by atoms with van der Waals surface area (Å²) in [6.45, 7) is 5.92. The maximum absolute atomic E-state index is 12.1. The van der Waals surface area contributed by atoms with Crippen molar-refractivity contribution in [1.82, 2.24) is 15.3 Å². The van der Waals surface area contributed by atoms with E-state index in [1.54, 1.807) is 6.07 Å². The minimum absolute atomic E-state index is 0.00460. The second-order valence-electron chi connectivity index (χ2n) is 7.53.